The summed E-state index contributed by atoms with van der Waals surface area (Å²) < 4.78 is 100. The Morgan fingerprint density at radius 1 is 0.275 bits per heavy atom. The summed E-state index contributed by atoms with van der Waals surface area (Å²) >= 11 is 0. The highest BCUT2D eigenvalue weighted by Crippen LogP contribution is 2.31. The van der Waals surface area contributed by atoms with Gasteiger partial charge in [0.2, 0.25) is 0 Å². The van der Waals surface area contributed by atoms with E-state index in [2.05, 4.69) is 29.9 Å². The van der Waals surface area contributed by atoms with Crippen LogP contribution in [-0.2, 0) is 4.12 Å². The minimum atomic E-state index is -4.72. The number of halogens is 6. The van der Waals surface area contributed by atoms with Gasteiger partial charge in [-0.05, 0) is 72.8 Å². The fourth-order valence-electron chi connectivity index (χ4n) is 5.08. The standard InChI is InChI=1S/C36H30F6N6OSi2/c37-25-13-1-7-19-31(25)43-50(44-32-20-8-2-14-26(32)38,45-33-21-9-3-15-27(33)39)49-51(46-34-22-10-4-16-28(34)40,47-35-23-11-5-17-29(35)41)48-36-24-12-6-18-30(36)42/h1-24,43-48H. The highest BCUT2D eigenvalue weighted by Gasteiger charge is 2.54. The van der Waals surface area contributed by atoms with Crippen LogP contribution in [0.2, 0.25) is 0 Å². The van der Waals surface area contributed by atoms with Crippen molar-refractivity contribution in [3.05, 3.63) is 180 Å². The predicted molar refractivity (Wildman–Crippen MR) is 193 cm³/mol. The number of para-hydroxylation sites is 6. The number of anilines is 6. The van der Waals surface area contributed by atoms with E-state index in [1.807, 2.05) is 0 Å². The molecule has 7 nitrogen and oxygen atoms in total. The molecule has 6 rings (SSSR count). The third-order valence-electron chi connectivity index (χ3n) is 7.41. The van der Waals surface area contributed by atoms with Gasteiger partial charge in [-0.3, -0.25) is 0 Å². The first-order valence-corrected chi connectivity index (χ1v) is 19.3. The Bertz CT molecular complexity index is 1750. The van der Waals surface area contributed by atoms with E-state index in [-0.39, 0.29) is 34.1 Å². The third-order valence-corrected chi connectivity index (χ3v) is 13.6. The molecule has 0 bridgehead atoms. The van der Waals surface area contributed by atoms with Gasteiger partial charge in [-0.25, -0.2) is 26.3 Å². The SMILES string of the molecule is Fc1ccccc1N[Si](Nc1ccccc1F)(Nc1ccccc1F)O[Si](Nc1ccccc1F)(Nc1ccccc1F)Nc1ccccc1F. The maximum Gasteiger partial charge on any atom is 0.531 e. The normalized spacial score (nSPS) is 11.4. The fraction of sp³-hybridized carbons (Fsp3) is 0. The van der Waals surface area contributed by atoms with E-state index in [0.29, 0.717) is 0 Å². The molecule has 0 spiro atoms. The van der Waals surface area contributed by atoms with Gasteiger partial charge < -0.3 is 34.0 Å². The first-order valence-electron chi connectivity index (χ1n) is 15.5. The smallest absolute Gasteiger partial charge is 0.358 e. The third kappa shape index (κ3) is 8.46. The van der Waals surface area contributed by atoms with Crippen LogP contribution >= 0.6 is 0 Å². The average molecular weight is 733 g/mol. The zero-order valence-electron chi connectivity index (χ0n) is 26.5. The maximum absolute atomic E-state index is 15.5. The lowest BCUT2D eigenvalue weighted by Gasteiger charge is -2.42. The van der Waals surface area contributed by atoms with Crippen LogP contribution in [0.3, 0.4) is 0 Å². The molecule has 260 valence electrons. The lowest BCUT2D eigenvalue weighted by Crippen LogP contribution is -2.75. The second-order valence-electron chi connectivity index (χ2n) is 11.1. The van der Waals surface area contributed by atoms with Crippen LogP contribution in [0.5, 0.6) is 0 Å². The summed E-state index contributed by atoms with van der Waals surface area (Å²) in [7, 11) is -9.45. The Morgan fingerprint density at radius 3 is 0.588 bits per heavy atom. The molecule has 0 amide bonds. The van der Waals surface area contributed by atoms with Gasteiger partial charge in [0, 0.05) is 0 Å². The van der Waals surface area contributed by atoms with Crippen molar-refractivity contribution in [2.24, 2.45) is 0 Å². The van der Waals surface area contributed by atoms with Gasteiger partial charge in [-0.1, -0.05) is 72.8 Å². The first-order chi connectivity index (χ1) is 24.6. The molecule has 51 heavy (non-hydrogen) atoms. The predicted octanol–water partition coefficient (Wildman–Crippen LogP) is 9.38. The molecule has 0 unspecified atom stereocenters. The topological polar surface area (TPSA) is 81.4 Å². The summed E-state index contributed by atoms with van der Waals surface area (Å²) in [5, 5.41) is 0. The van der Waals surface area contributed by atoms with E-state index >= 15 is 26.3 Å². The molecule has 0 saturated carbocycles. The van der Waals surface area contributed by atoms with E-state index < -0.39 is 52.5 Å². The van der Waals surface area contributed by atoms with Gasteiger partial charge in [-0.15, -0.1) is 0 Å². The second kappa shape index (κ2) is 15.3. The van der Waals surface area contributed by atoms with Crippen molar-refractivity contribution in [3.63, 3.8) is 0 Å². The average Bonchev–Trinajstić information content (AvgIpc) is 3.11. The Hall–Kier alpha value is -5.91. The Kier molecular flexibility index (Phi) is 10.5. The number of nitrogens with one attached hydrogen (secondary N) is 6. The highest BCUT2D eigenvalue weighted by atomic mass is 28.5. The van der Waals surface area contributed by atoms with Gasteiger partial charge in [-0.2, -0.15) is 0 Å². The molecule has 0 heterocycles. The van der Waals surface area contributed by atoms with Crippen molar-refractivity contribution >= 4 is 51.7 Å². The monoisotopic (exact) mass is 732 g/mol. The van der Waals surface area contributed by atoms with Crippen molar-refractivity contribution in [1.82, 2.24) is 0 Å². The van der Waals surface area contributed by atoms with Crippen LogP contribution < -0.4 is 29.9 Å². The van der Waals surface area contributed by atoms with E-state index in [4.69, 9.17) is 4.12 Å². The zero-order valence-corrected chi connectivity index (χ0v) is 28.5. The summed E-state index contributed by atoms with van der Waals surface area (Å²) in [5.74, 6) is -4.57. The highest BCUT2D eigenvalue weighted by molar-refractivity contribution is 6.95. The van der Waals surface area contributed by atoms with Crippen LogP contribution in [0.15, 0.2) is 146 Å². The molecule has 6 aromatic rings. The Morgan fingerprint density at radius 2 is 0.431 bits per heavy atom. The van der Waals surface area contributed by atoms with Crippen molar-refractivity contribution < 1.29 is 30.5 Å². The summed E-state index contributed by atoms with van der Waals surface area (Å²) in [6.07, 6.45) is 0. The number of hydrogen-bond acceptors (Lipinski definition) is 7. The molecule has 0 saturated heterocycles. The van der Waals surface area contributed by atoms with Crippen molar-refractivity contribution in [1.29, 1.82) is 0 Å². The lowest BCUT2D eigenvalue weighted by atomic mass is 10.3. The quantitative estimate of drug-likeness (QED) is 0.0492. The fourth-order valence-corrected chi connectivity index (χ4v) is 12.0. The van der Waals surface area contributed by atoms with Crippen LogP contribution in [0.4, 0.5) is 60.5 Å². The molecule has 0 aliphatic heterocycles. The van der Waals surface area contributed by atoms with E-state index in [0.717, 1.165) is 36.4 Å². The molecule has 0 atom stereocenters. The summed E-state index contributed by atoms with van der Waals surface area (Å²) in [6, 6.07) is 32.9. The minimum absolute atomic E-state index is 0.164. The largest absolute Gasteiger partial charge is 0.531 e. The van der Waals surface area contributed by atoms with Crippen molar-refractivity contribution in [2.45, 2.75) is 0 Å². The lowest BCUT2D eigenvalue weighted by molar-refractivity contribution is 0.547. The number of benzene rings is 6. The zero-order chi connectivity index (χ0) is 35.8. The van der Waals surface area contributed by atoms with Gasteiger partial charge >= 0.3 is 17.6 Å². The van der Waals surface area contributed by atoms with E-state index in [1.165, 1.54) is 109 Å². The summed E-state index contributed by atoms with van der Waals surface area (Å²) in [5.41, 5.74) is -0.987. The van der Waals surface area contributed by atoms with Crippen LogP contribution in [0, 0.1) is 34.9 Å². The maximum atomic E-state index is 15.5. The molecule has 0 aromatic heterocycles. The van der Waals surface area contributed by atoms with E-state index in [1.54, 1.807) is 0 Å². The Labute approximate surface area is 292 Å². The Balaban J connectivity index is 1.63. The van der Waals surface area contributed by atoms with Crippen LogP contribution in [0.25, 0.3) is 0 Å². The van der Waals surface area contributed by atoms with E-state index in [9.17, 15) is 0 Å². The van der Waals surface area contributed by atoms with Crippen molar-refractivity contribution in [2.75, 3.05) is 29.9 Å². The molecule has 0 aliphatic carbocycles. The number of rotatable bonds is 14. The van der Waals surface area contributed by atoms with Gasteiger partial charge in [0.25, 0.3) is 0 Å². The summed E-state index contributed by atoms with van der Waals surface area (Å²) in [4.78, 5) is 17.9. The second-order valence-corrected chi connectivity index (χ2v) is 16.1. The molecule has 0 radical (unpaired) electrons. The molecule has 0 aliphatic rings. The van der Waals surface area contributed by atoms with Gasteiger partial charge in [0.05, 0.1) is 34.1 Å². The van der Waals surface area contributed by atoms with Crippen molar-refractivity contribution in [3.8, 4) is 0 Å². The van der Waals surface area contributed by atoms with Crippen LogP contribution in [0.1, 0.15) is 0 Å². The minimum Gasteiger partial charge on any atom is -0.358 e. The van der Waals surface area contributed by atoms with Crippen LogP contribution in [-0.4, -0.2) is 17.6 Å². The molecular formula is C36H30F6N6OSi2. The molecule has 15 heteroatoms. The first kappa shape index (κ1) is 34.9. The molecule has 6 N–H and O–H groups in total. The molecule has 0 fully saturated rings. The molecule has 6 aromatic carbocycles. The number of hydrogen-bond donors (Lipinski definition) is 6. The summed E-state index contributed by atoms with van der Waals surface area (Å²) in [6.45, 7) is 0. The van der Waals surface area contributed by atoms with Gasteiger partial charge in [0.1, 0.15) is 34.9 Å². The molecular weight excluding hydrogens is 703 g/mol. The van der Waals surface area contributed by atoms with Gasteiger partial charge in [0.15, 0.2) is 0 Å².